The Bertz CT molecular complexity index is 282. The second kappa shape index (κ2) is 7.05. The number of hydrogen-bond donors (Lipinski definition) is 0. The molecule has 2 saturated heterocycles. The molecule has 6 heteroatoms. The fraction of sp³-hybridized carbons (Fsp3) is 0.917. The number of ether oxygens (including phenoxy) is 1. The van der Waals surface area contributed by atoms with E-state index in [4.69, 9.17) is 17.0 Å². The Morgan fingerprint density at radius 1 is 1.28 bits per heavy atom. The van der Waals surface area contributed by atoms with E-state index >= 15 is 0 Å². The molecule has 0 aliphatic carbocycles. The van der Waals surface area contributed by atoms with Crippen LogP contribution in [0, 0.1) is 0 Å². The third-order valence-corrected chi connectivity index (χ3v) is 5.06. The highest BCUT2D eigenvalue weighted by Gasteiger charge is 2.23. The third-order valence-electron chi connectivity index (χ3n) is 3.48. The first-order chi connectivity index (χ1) is 8.66. The standard InChI is InChI=1S/C12H23N3OS2/c1-11(2)15-9-14(12(17)18-10-15)4-3-13-5-7-16-8-6-13/h11H,3-10H2,1-2H3. The molecule has 0 atom stereocenters. The van der Waals surface area contributed by atoms with Gasteiger partial charge in [-0.05, 0) is 13.8 Å². The Morgan fingerprint density at radius 2 is 2.00 bits per heavy atom. The summed E-state index contributed by atoms with van der Waals surface area (Å²) in [5.74, 6) is 1.03. The summed E-state index contributed by atoms with van der Waals surface area (Å²) in [5, 5.41) is 0. The quantitative estimate of drug-likeness (QED) is 0.721. The molecule has 0 unspecified atom stereocenters. The molecule has 0 aromatic rings. The van der Waals surface area contributed by atoms with Crippen LogP contribution in [-0.2, 0) is 4.74 Å². The molecule has 0 amide bonds. The Labute approximate surface area is 120 Å². The van der Waals surface area contributed by atoms with Crippen LogP contribution in [0.4, 0.5) is 0 Å². The third kappa shape index (κ3) is 4.06. The molecule has 4 nitrogen and oxygen atoms in total. The lowest BCUT2D eigenvalue weighted by Crippen LogP contribution is -2.50. The van der Waals surface area contributed by atoms with Crippen molar-refractivity contribution in [2.45, 2.75) is 19.9 Å². The van der Waals surface area contributed by atoms with Gasteiger partial charge in [0.2, 0.25) is 0 Å². The van der Waals surface area contributed by atoms with E-state index in [1.54, 1.807) is 11.8 Å². The van der Waals surface area contributed by atoms with Crippen molar-refractivity contribution < 1.29 is 4.74 Å². The van der Waals surface area contributed by atoms with Crippen LogP contribution in [0.1, 0.15) is 13.8 Å². The van der Waals surface area contributed by atoms with Gasteiger partial charge in [0.1, 0.15) is 4.32 Å². The van der Waals surface area contributed by atoms with E-state index in [0.717, 1.165) is 56.3 Å². The van der Waals surface area contributed by atoms with Crippen LogP contribution in [0.15, 0.2) is 0 Å². The fourth-order valence-corrected chi connectivity index (χ4v) is 3.40. The Balaban J connectivity index is 1.77. The van der Waals surface area contributed by atoms with Crippen molar-refractivity contribution in [2.75, 3.05) is 51.9 Å². The van der Waals surface area contributed by atoms with E-state index in [9.17, 15) is 0 Å². The molecule has 2 aliphatic rings. The number of nitrogens with zero attached hydrogens (tertiary/aromatic N) is 3. The van der Waals surface area contributed by atoms with Crippen LogP contribution < -0.4 is 0 Å². The van der Waals surface area contributed by atoms with Gasteiger partial charge in [0.25, 0.3) is 0 Å². The average Bonchev–Trinajstić information content (AvgIpc) is 2.38. The summed E-state index contributed by atoms with van der Waals surface area (Å²) in [6.45, 7) is 11.5. The van der Waals surface area contributed by atoms with Gasteiger partial charge in [-0.1, -0.05) is 24.0 Å². The molecule has 2 fully saturated rings. The molecule has 2 aliphatic heterocycles. The molecule has 0 aromatic carbocycles. The van der Waals surface area contributed by atoms with Crippen molar-refractivity contribution in [2.24, 2.45) is 0 Å². The summed E-state index contributed by atoms with van der Waals surface area (Å²) in [6.07, 6.45) is 0. The van der Waals surface area contributed by atoms with Gasteiger partial charge in [-0.2, -0.15) is 0 Å². The van der Waals surface area contributed by atoms with Gasteiger partial charge in [0.05, 0.1) is 25.8 Å². The van der Waals surface area contributed by atoms with Crippen molar-refractivity contribution >= 4 is 28.3 Å². The normalized spacial score (nSPS) is 23.9. The predicted molar refractivity (Wildman–Crippen MR) is 80.9 cm³/mol. The molecular weight excluding hydrogens is 266 g/mol. The number of thiocarbonyl (C=S) groups is 1. The lowest BCUT2D eigenvalue weighted by Gasteiger charge is -2.39. The van der Waals surface area contributed by atoms with E-state index < -0.39 is 0 Å². The zero-order valence-corrected chi connectivity index (χ0v) is 12.9. The van der Waals surface area contributed by atoms with Crippen LogP contribution in [0.3, 0.4) is 0 Å². The van der Waals surface area contributed by atoms with E-state index in [-0.39, 0.29) is 0 Å². The SMILES string of the molecule is CC(C)N1CSC(=S)N(CCN2CCOCC2)C1. The number of hydrogen-bond acceptors (Lipinski definition) is 5. The van der Waals surface area contributed by atoms with E-state index in [0.29, 0.717) is 6.04 Å². The molecule has 2 rings (SSSR count). The van der Waals surface area contributed by atoms with Crippen LogP contribution in [0.5, 0.6) is 0 Å². The number of thioether (sulfide) groups is 1. The largest absolute Gasteiger partial charge is 0.379 e. The number of morpholine rings is 1. The maximum atomic E-state index is 5.45. The minimum Gasteiger partial charge on any atom is -0.379 e. The first-order valence-corrected chi connectivity index (χ1v) is 8.02. The Kier molecular flexibility index (Phi) is 5.69. The smallest absolute Gasteiger partial charge is 0.138 e. The first kappa shape index (κ1) is 14.5. The highest BCUT2D eigenvalue weighted by Crippen LogP contribution is 2.20. The molecule has 0 saturated carbocycles. The van der Waals surface area contributed by atoms with Crippen molar-refractivity contribution in [3.8, 4) is 0 Å². The average molecular weight is 289 g/mol. The number of rotatable bonds is 4. The van der Waals surface area contributed by atoms with Crippen molar-refractivity contribution in [1.29, 1.82) is 0 Å². The van der Waals surface area contributed by atoms with Gasteiger partial charge >= 0.3 is 0 Å². The minimum absolute atomic E-state index is 0.589. The second-order valence-electron chi connectivity index (χ2n) is 5.08. The molecule has 104 valence electrons. The molecular formula is C12H23N3OS2. The van der Waals surface area contributed by atoms with Gasteiger partial charge in [-0.3, -0.25) is 9.80 Å². The van der Waals surface area contributed by atoms with Crippen molar-refractivity contribution in [3.63, 3.8) is 0 Å². The zero-order chi connectivity index (χ0) is 13.0. The highest BCUT2D eigenvalue weighted by molar-refractivity contribution is 8.22. The molecule has 18 heavy (non-hydrogen) atoms. The van der Waals surface area contributed by atoms with Gasteiger partial charge in [0.15, 0.2) is 0 Å². The Morgan fingerprint density at radius 3 is 2.67 bits per heavy atom. The van der Waals surface area contributed by atoms with Gasteiger partial charge < -0.3 is 9.64 Å². The summed E-state index contributed by atoms with van der Waals surface area (Å²) in [6, 6.07) is 0.589. The van der Waals surface area contributed by atoms with Crippen molar-refractivity contribution in [1.82, 2.24) is 14.7 Å². The molecule has 0 aromatic heterocycles. The maximum Gasteiger partial charge on any atom is 0.138 e. The van der Waals surface area contributed by atoms with Crippen LogP contribution in [-0.4, -0.2) is 77.0 Å². The zero-order valence-electron chi connectivity index (χ0n) is 11.3. The topological polar surface area (TPSA) is 19.0 Å². The van der Waals surface area contributed by atoms with Crippen LogP contribution in [0.25, 0.3) is 0 Å². The monoisotopic (exact) mass is 289 g/mol. The summed E-state index contributed by atoms with van der Waals surface area (Å²) >= 11 is 7.24. The maximum absolute atomic E-state index is 5.45. The molecule has 0 spiro atoms. The lowest BCUT2D eigenvalue weighted by molar-refractivity contribution is 0.0340. The van der Waals surface area contributed by atoms with Gasteiger partial charge in [-0.15, -0.1) is 0 Å². The minimum atomic E-state index is 0.589. The van der Waals surface area contributed by atoms with E-state index in [1.165, 1.54) is 0 Å². The molecule has 0 bridgehead atoms. The van der Waals surface area contributed by atoms with Crippen LogP contribution >= 0.6 is 24.0 Å². The fourth-order valence-electron chi connectivity index (χ4n) is 2.11. The highest BCUT2D eigenvalue weighted by atomic mass is 32.2. The van der Waals surface area contributed by atoms with E-state index in [1.807, 2.05) is 0 Å². The second-order valence-corrected chi connectivity index (χ2v) is 6.66. The van der Waals surface area contributed by atoms with Crippen LogP contribution in [0.2, 0.25) is 0 Å². The summed E-state index contributed by atoms with van der Waals surface area (Å²) < 4.78 is 6.42. The summed E-state index contributed by atoms with van der Waals surface area (Å²) in [7, 11) is 0. The summed E-state index contributed by atoms with van der Waals surface area (Å²) in [5.41, 5.74) is 0. The summed E-state index contributed by atoms with van der Waals surface area (Å²) in [4.78, 5) is 7.25. The molecule has 0 radical (unpaired) electrons. The Hall–Kier alpha value is 0.120. The van der Waals surface area contributed by atoms with Crippen molar-refractivity contribution in [3.05, 3.63) is 0 Å². The predicted octanol–water partition coefficient (Wildman–Crippen LogP) is 1.28. The molecule has 2 heterocycles. The lowest BCUT2D eigenvalue weighted by atomic mass is 10.3. The van der Waals surface area contributed by atoms with E-state index in [2.05, 4.69) is 28.5 Å². The van der Waals surface area contributed by atoms with Gasteiger partial charge in [-0.25, -0.2) is 0 Å². The first-order valence-electron chi connectivity index (χ1n) is 6.62. The van der Waals surface area contributed by atoms with Gasteiger partial charge in [0, 0.05) is 32.2 Å². The molecule has 0 N–H and O–H groups in total.